The van der Waals surface area contributed by atoms with Crippen LogP contribution in [0.5, 0.6) is 5.75 Å². The fourth-order valence-electron chi connectivity index (χ4n) is 1.18. The normalized spacial score (nSPS) is 12.5. The fourth-order valence-corrected chi connectivity index (χ4v) is 1.28. The van der Waals surface area contributed by atoms with Crippen molar-refractivity contribution >= 4 is 17.6 Å². The van der Waals surface area contributed by atoms with Crippen molar-refractivity contribution in [1.82, 2.24) is 0 Å². The molecule has 0 aliphatic rings. The molecular formula is C9H9ClFNO3. The van der Waals surface area contributed by atoms with Gasteiger partial charge in [0.05, 0.1) is 5.92 Å². The molecule has 82 valence electrons. The Bertz CT molecular complexity index is 374. The Morgan fingerprint density at radius 3 is 2.60 bits per heavy atom. The Labute approximate surface area is 90.1 Å². The van der Waals surface area contributed by atoms with Crippen LogP contribution < -0.4 is 5.73 Å². The predicted octanol–water partition coefficient (Wildman–Crippen LogP) is 1.31. The number of aromatic hydroxyl groups is 1. The van der Waals surface area contributed by atoms with Gasteiger partial charge in [-0.05, 0) is 17.7 Å². The van der Waals surface area contributed by atoms with Crippen molar-refractivity contribution in [3.05, 3.63) is 28.5 Å². The molecule has 0 amide bonds. The molecule has 4 nitrogen and oxygen atoms in total. The first-order valence-corrected chi connectivity index (χ1v) is 4.46. The van der Waals surface area contributed by atoms with Crippen LogP contribution in [0.3, 0.4) is 0 Å². The van der Waals surface area contributed by atoms with Gasteiger partial charge in [-0.3, -0.25) is 4.79 Å². The summed E-state index contributed by atoms with van der Waals surface area (Å²) in [6.07, 6.45) is 0. The number of phenols is 1. The predicted molar refractivity (Wildman–Crippen MR) is 52.5 cm³/mol. The second-order valence-corrected chi connectivity index (χ2v) is 3.34. The van der Waals surface area contributed by atoms with Gasteiger partial charge in [0.15, 0.2) is 0 Å². The summed E-state index contributed by atoms with van der Waals surface area (Å²) in [5.74, 6) is -3.60. The molecule has 1 aromatic carbocycles. The number of hydrogen-bond donors (Lipinski definition) is 3. The number of hydrogen-bond acceptors (Lipinski definition) is 3. The maximum Gasteiger partial charge on any atom is 0.312 e. The molecule has 15 heavy (non-hydrogen) atoms. The first-order valence-electron chi connectivity index (χ1n) is 4.08. The van der Waals surface area contributed by atoms with E-state index < -0.39 is 28.5 Å². The molecule has 0 aliphatic carbocycles. The largest absolute Gasteiger partial charge is 0.506 e. The van der Waals surface area contributed by atoms with Gasteiger partial charge in [-0.25, -0.2) is 4.39 Å². The van der Waals surface area contributed by atoms with E-state index in [-0.39, 0.29) is 12.1 Å². The smallest absolute Gasteiger partial charge is 0.312 e. The van der Waals surface area contributed by atoms with Crippen LogP contribution in [0.2, 0.25) is 5.02 Å². The van der Waals surface area contributed by atoms with E-state index in [1.54, 1.807) is 0 Å². The Hall–Kier alpha value is -1.33. The number of halogens is 2. The molecule has 1 unspecified atom stereocenters. The van der Waals surface area contributed by atoms with Crippen molar-refractivity contribution in [3.63, 3.8) is 0 Å². The highest BCUT2D eigenvalue weighted by molar-refractivity contribution is 6.32. The topological polar surface area (TPSA) is 83.6 Å². The monoisotopic (exact) mass is 233 g/mol. The number of rotatable bonds is 3. The van der Waals surface area contributed by atoms with Gasteiger partial charge in [0.2, 0.25) is 0 Å². The zero-order valence-corrected chi connectivity index (χ0v) is 8.33. The third kappa shape index (κ3) is 2.37. The van der Waals surface area contributed by atoms with E-state index in [4.69, 9.17) is 22.4 Å². The fraction of sp³-hybridized carbons (Fsp3) is 0.222. The van der Waals surface area contributed by atoms with Gasteiger partial charge >= 0.3 is 5.97 Å². The molecule has 0 saturated carbocycles. The van der Waals surface area contributed by atoms with E-state index in [1.165, 1.54) is 0 Å². The third-order valence-electron chi connectivity index (χ3n) is 1.97. The lowest BCUT2D eigenvalue weighted by Gasteiger charge is -2.11. The van der Waals surface area contributed by atoms with E-state index in [9.17, 15) is 14.3 Å². The summed E-state index contributed by atoms with van der Waals surface area (Å²) in [5.41, 5.74) is 5.31. The summed E-state index contributed by atoms with van der Waals surface area (Å²) in [4.78, 5) is 10.7. The van der Waals surface area contributed by atoms with Crippen molar-refractivity contribution in [2.24, 2.45) is 5.73 Å². The molecule has 1 rings (SSSR count). The number of carboxylic acid groups (broad SMARTS) is 1. The summed E-state index contributed by atoms with van der Waals surface area (Å²) < 4.78 is 13.1. The second kappa shape index (κ2) is 4.46. The zero-order valence-electron chi connectivity index (χ0n) is 7.58. The van der Waals surface area contributed by atoms with Crippen LogP contribution in [0.4, 0.5) is 4.39 Å². The van der Waals surface area contributed by atoms with E-state index in [0.29, 0.717) is 0 Å². The lowest BCUT2D eigenvalue weighted by Crippen LogP contribution is -2.21. The minimum Gasteiger partial charge on any atom is -0.506 e. The Balaban J connectivity index is 3.20. The maximum atomic E-state index is 13.1. The van der Waals surface area contributed by atoms with Gasteiger partial charge in [-0.1, -0.05) is 11.6 Å². The van der Waals surface area contributed by atoms with Crippen LogP contribution in [-0.4, -0.2) is 22.7 Å². The number of nitrogens with two attached hydrogens (primary N) is 1. The van der Waals surface area contributed by atoms with Gasteiger partial charge in [0, 0.05) is 6.54 Å². The van der Waals surface area contributed by atoms with E-state index in [1.807, 2.05) is 0 Å². The van der Waals surface area contributed by atoms with Crippen LogP contribution in [0.25, 0.3) is 0 Å². The summed E-state index contributed by atoms with van der Waals surface area (Å²) in [6.45, 7) is -0.185. The third-order valence-corrected chi connectivity index (χ3v) is 2.34. The average molecular weight is 234 g/mol. The minimum absolute atomic E-state index is 0.0874. The van der Waals surface area contributed by atoms with E-state index in [0.717, 1.165) is 12.1 Å². The Morgan fingerprint density at radius 2 is 2.20 bits per heavy atom. The lowest BCUT2D eigenvalue weighted by molar-refractivity contribution is -0.138. The van der Waals surface area contributed by atoms with Crippen LogP contribution in [0, 0.1) is 5.82 Å². The summed E-state index contributed by atoms with van der Waals surface area (Å²) in [7, 11) is 0. The highest BCUT2D eigenvalue weighted by Crippen LogP contribution is 2.30. The molecule has 0 saturated heterocycles. The average Bonchev–Trinajstić information content (AvgIpc) is 2.14. The van der Waals surface area contributed by atoms with Crippen molar-refractivity contribution in [3.8, 4) is 5.75 Å². The number of carbonyl (C=O) groups is 1. The molecule has 0 aromatic heterocycles. The van der Waals surface area contributed by atoms with Crippen molar-refractivity contribution < 1.29 is 19.4 Å². The van der Waals surface area contributed by atoms with Crippen molar-refractivity contribution in [1.29, 1.82) is 0 Å². The number of aliphatic carboxylic acids is 1. The molecule has 0 spiro atoms. The highest BCUT2D eigenvalue weighted by Gasteiger charge is 2.20. The molecular weight excluding hydrogens is 225 g/mol. The van der Waals surface area contributed by atoms with Crippen LogP contribution in [-0.2, 0) is 4.79 Å². The molecule has 1 atom stereocenters. The van der Waals surface area contributed by atoms with Crippen LogP contribution in [0.1, 0.15) is 11.5 Å². The standard InChI is InChI=1S/C9H9ClFNO3/c10-8-6(11)1-4(2-7(8)13)5(3-12)9(14)15/h1-2,5,13H,3,12H2,(H,14,15). The first kappa shape index (κ1) is 11.7. The van der Waals surface area contributed by atoms with E-state index in [2.05, 4.69) is 0 Å². The van der Waals surface area contributed by atoms with Crippen LogP contribution in [0.15, 0.2) is 12.1 Å². The number of phenolic OH excluding ortho intramolecular Hbond substituents is 1. The molecule has 4 N–H and O–H groups in total. The van der Waals surface area contributed by atoms with Crippen molar-refractivity contribution in [2.75, 3.05) is 6.54 Å². The minimum atomic E-state index is -1.18. The Kier molecular flexibility index (Phi) is 3.49. The molecule has 0 fully saturated rings. The molecule has 6 heteroatoms. The summed E-state index contributed by atoms with van der Waals surface area (Å²) >= 11 is 5.37. The summed E-state index contributed by atoms with van der Waals surface area (Å²) in [6, 6.07) is 2.05. The Morgan fingerprint density at radius 1 is 1.60 bits per heavy atom. The maximum absolute atomic E-state index is 13.1. The highest BCUT2D eigenvalue weighted by atomic mass is 35.5. The van der Waals surface area contributed by atoms with Gasteiger partial charge in [-0.15, -0.1) is 0 Å². The van der Waals surface area contributed by atoms with E-state index >= 15 is 0 Å². The molecule has 0 bridgehead atoms. The molecule has 0 heterocycles. The molecule has 1 aromatic rings. The SMILES string of the molecule is NCC(C(=O)O)c1cc(O)c(Cl)c(F)c1. The van der Waals surface area contributed by atoms with Gasteiger partial charge in [-0.2, -0.15) is 0 Å². The molecule has 0 aliphatic heterocycles. The van der Waals surface area contributed by atoms with Gasteiger partial charge in [0.25, 0.3) is 0 Å². The number of benzene rings is 1. The molecule has 0 radical (unpaired) electrons. The van der Waals surface area contributed by atoms with Crippen molar-refractivity contribution in [2.45, 2.75) is 5.92 Å². The lowest BCUT2D eigenvalue weighted by atomic mass is 9.99. The second-order valence-electron chi connectivity index (χ2n) is 2.96. The summed E-state index contributed by atoms with van der Waals surface area (Å²) in [5, 5.41) is 17.5. The van der Waals surface area contributed by atoms with Crippen LogP contribution >= 0.6 is 11.6 Å². The number of carboxylic acids is 1. The zero-order chi connectivity index (χ0) is 11.6. The first-order chi connectivity index (χ1) is 6.97. The van der Waals surface area contributed by atoms with Gasteiger partial charge in [0.1, 0.15) is 16.6 Å². The van der Waals surface area contributed by atoms with Gasteiger partial charge < -0.3 is 15.9 Å². The quantitative estimate of drug-likeness (QED) is 0.735.